The number of likely N-dealkylation sites (N-methyl/N-ethyl adjacent to an activating group) is 1. The maximum absolute atomic E-state index is 14.7. The summed E-state index contributed by atoms with van der Waals surface area (Å²) in [4.78, 5) is 73.1. The number of hydrazine groups is 1. The lowest BCUT2D eigenvalue weighted by atomic mass is 9.76. The summed E-state index contributed by atoms with van der Waals surface area (Å²) in [7, 11) is 5.50. The van der Waals surface area contributed by atoms with Crippen molar-refractivity contribution < 1.29 is 28.7 Å². The summed E-state index contributed by atoms with van der Waals surface area (Å²) >= 11 is 1.44. The van der Waals surface area contributed by atoms with E-state index in [0.29, 0.717) is 43.9 Å². The van der Waals surface area contributed by atoms with E-state index in [1.807, 2.05) is 37.1 Å². The zero-order valence-electron chi connectivity index (χ0n) is 41.6. The number of carbonyl (C=O) groups is 4. The molecule has 7 heterocycles. The molecule has 0 aliphatic carbocycles. The van der Waals surface area contributed by atoms with Gasteiger partial charge in [0.25, 0.3) is 5.91 Å². The van der Waals surface area contributed by atoms with E-state index >= 15 is 0 Å². The molecule has 4 aliphatic rings. The number of fused-ring (bicyclic) bond motifs is 6. The van der Waals surface area contributed by atoms with Crippen LogP contribution in [0.4, 0.5) is 4.79 Å². The summed E-state index contributed by atoms with van der Waals surface area (Å²) < 4.78 is 14.3. The number of amides is 4. The first-order chi connectivity index (χ1) is 31.0. The van der Waals surface area contributed by atoms with Crippen molar-refractivity contribution in [2.24, 2.45) is 11.3 Å². The fraction of sp³-hybridized carbons (Fsp3) is 0.592. The first kappa shape index (κ1) is 58.1. The van der Waals surface area contributed by atoms with Gasteiger partial charge in [0.05, 0.1) is 34.8 Å². The number of ether oxygens (including phenoxy) is 2. The van der Waals surface area contributed by atoms with Crippen molar-refractivity contribution in [3.63, 3.8) is 0 Å². The third kappa shape index (κ3) is 11.7. The minimum atomic E-state index is -1.03. The zero-order valence-corrected chi connectivity index (χ0v) is 46.4. The molecule has 20 heteroatoms. The number of hydrogen-bond donors (Lipinski definition) is 2. The summed E-state index contributed by atoms with van der Waals surface area (Å²) in [5.74, 6) is -1.47. The lowest BCUT2D eigenvalue weighted by molar-refractivity contribution is -0.155. The smallest absolute Gasteiger partial charge is 0.324 e. The number of likely N-dealkylation sites (tertiary alicyclic amines) is 2. The number of aromatic nitrogens is 3. The standard InChI is InChI=1S/C49H67N9O6S.4H2S/c1-10-56-39-16-15-32-25-34(39)35(43(56)33-13-11-20-50-41(33)31(4)63-9)27-48(5,6)29-64-46(61)36-14-12-21-58(53-36)45(60)37(26-40-51-38(32)28-65-40)52-44(59)42(30(2)3)55(8)47(62)57-24-19-49(57)17-22-54(7)23-18-49;;;;/h11,13,15-16,20,25,28,30-31,36-37,42,53H,10,12,14,17-19,21-24,26-27,29H2,1-9H3,(H,52,59);4*1H2/t31-,36-,37-,42-;;;;/m0..../s1. The van der Waals surface area contributed by atoms with Gasteiger partial charge in [-0.05, 0) is 95.2 Å². The van der Waals surface area contributed by atoms with E-state index in [1.54, 1.807) is 25.3 Å². The molecular weight excluding hydrogens is 971 g/mol. The normalized spacial score (nSPS) is 21.0. The third-order valence-corrected chi connectivity index (χ3v) is 15.2. The second-order valence-electron chi connectivity index (χ2n) is 19.8. The molecule has 3 fully saturated rings. The Hall–Kier alpha value is -3.50. The van der Waals surface area contributed by atoms with Gasteiger partial charge in [0, 0.05) is 97.9 Å². The highest BCUT2D eigenvalue weighted by atomic mass is 32.1. The van der Waals surface area contributed by atoms with E-state index in [2.05, 4.69) is 72.3 Å². The fourth-order valence-electron chi connectivity index (χ4n) is 10.4. The Morgan fingerprint density at radius 3 is 2.41 bits per heavy atom. The van der Waals surface area contributed by atoms with Gasteiger partial charge in [-0.2, -0.15) is 54.0 Å². The Morgan fingerprint density at radius 1 is 1.04 bits per heavy atom. The van der Waals surface area contributed by atoms with E-state index in [9.17, 15) is 19.2 Å². The third-order valence-electron chi connectivity index (χ3n) is 14.3. The molecule has 2 N–H and O–H groups in total. The van der Waals surface area contributed by atoms with Crippen LogP contribution in [0.3, 0.4) is 0 Å². The van der Waals surface area contributed by atoms with E-state index < -0.39 is 35.4 Å². The molecule has 0 saturated carbocycles. The molecule has 4 aromatic rings. The van der Waals surface area contributed by atoms with Crippen LogP contribution in [0.15, 0.2) is 41.9 Å². The molecule has 4 amide bonds. The minimum Gasteiger partial charge on any atom is -0.464 e. The van der Waals surface area contributed by atoms with Crippen LogP contribution < -0.4 is 10.7 Å². The van der Waals surface area contributed by atoms with Gasteiger partial charge in [0.1, 0.15) is 18.1 Å². The highest BCUT2D eigenvalue weighted by Crippen LogP contribution is 2.43. The van der Waals surface area contributed by atoms with Crippen molar-refractivity contribution in [2.45, 2.75) is 123 Å². The number of urea groups is 1. The molecule has 1 aromatic carbocycles. The van der Waals surface area contributed by atoms with E-state index in [1.165, 1.54) is 16.3 Å². The van der Waals surface area contributed by atoms with Crippen molar-refractivity contribution in [3.05, 3.63) is 58.2 Å². The lowest BCUT2D eigenvalue weighted by Crippen LogP contribution is -2.69. The van der Waals surface area contributed by atoms with Gasteiger partial charge in [-0.15, -0.1) is 11.3 Å². The van der Waals surface area contributed by atoms with Crippen LogP contribution in [0.5, 0.6) is 0 Å². The van der Waals surface area contributed by atoms with Gasteiger partial charge in [-0.25, -0.2) is 15.2 Å². The Kier molecular flexibility index (Phi) is 20.0. The summed E-state index contributed by atoms with van der Waals surface area (Å²) in [6.45, 7) is 15.9. The maximum Gasteiger partial charge on any atom is 0.324 e. The van der Waals surface area contributed by atoms with Crippen LogP contribution in [0.2, 0.25) is 0 Å². The van der Waals surface area contributed by atoms with Gasteiger partial charge < -0.3 is 34.1 Å². The number of carbonyl (C=O) groups excluding carboxylic acids is 4. The number of aryl methyl sites for hydroxylation is 1. The van der Waals surface area contributed by atoms with Crippen LogP contribution in [0.1, 0.15) is 96.0 Å². The van der Waals surface area contributed by atoms with Crippen LogP contribution in [-0.4, -0.2) is 136 Å². The summed E-state index contributed by atoms with van der Waals surface area (Å²) in [5, 5.41) is 8.29. The number of esters is 1. The molecule has 3 saturated heterocycles. The molecule has 15 nitrogen and oxygen atoms in total. The number of thiazole rings is 1. The van der Waals surface area contributed by atoms with Gasteiger partial charge >= 0.3 is 12.0 Å². The van der Waals surface area contributed by atoms with Crippen LogP contribution in [0.25, 0.3) is 33.4 Å². The van der Waals surface area contributed by atoms with E-state index in [-0.39, 0.29) is 96.5 Å². The molecule has 6 bridgehead atoms. The number of cyclic esters (lactones) is 1. The molecule has 1 spiro atoms. The number of hydrogen-bond acceptors (Lipinski definition) is 11. The summed E-state index contributed by atoms with van der Waals surface area (Å²) in [6.07, 6.45) is 6.10. The second kappa shape index (κ2) is 23.8. The first-order valence-electron chi connectivity index (χ1n) is 23.4. The minimum absolute atomic E-state index is 0. The van der Waals surface area contributed by atoms with Gasteiger partial charge in [-0.3, -0.25) is 24.4 Å². The maximum atomic E-state index is 14.7. The molecule has 0 radical (unpaired) electrons. The average molecular weight is 1050 g/mol. The van der Waals surface area contributed by atoms with Gasteiger partial charge in [0.2, 0.25) is 5.91 Å². The molecule has 4 aliphatic heterocycles. The van der Waals surface area contributed by atoms with Crippen molar-refractivity contribution in [1.82, 2.24) is 45.0 Å². The number of rotatable bonds is 8. The number of benzene rings is 1. The predicted octanol–water partition coefficient (Wildman–Crippen LogP) is 6.90. The lowest BCUT2D eigenvalue weighted by Gasteiger charge is -2.57. The average Bonchev–Trinajstić information content (AvgIpc) is 3.88. The molecule has 8 rings (SSSR count). The van der Waals surface area contributed by atoms with E-state index in [0.717, 1.165) is 77.0 Å². The van der Waals surface area contributed by atoms with Crippen molar-refractivity contribution in [2.75, 3.05) is 54.0 Å². The number of pyridine rings is 1. The molecular formula is C49H75N9O6S5. The monoisotopic (exact) mass is 1050 g/mol. The van der Waals surface area contributed by atoms with Crippen molar-refractivity contribution in [3.8, 4) is 22.5 Å². The molecule has 0 unspecified atom stereocenters. The van der Waals surface area contributed by atoms with Crippen LogP contribution >= 0.6 is 65.3 Å². The quantitative estimate of drug-likeness (QED) is 0.178. The second-order valence-corrected chi connectivity index (χ2v) is 20.7. The Bertz CT molecular complexity index is 2440. The summed E-state index contributed by atoms with van der Waals surface area (Å²) in [5.41, 5.74) is 9.27. The zero-order chi connectivity index (χ0) is 46.4. The molecule has 3 aromatic heterocycles. The molecule has 382 valence electrons. The molecule has 69 heavy (non-hydrogen) atoms. The molecule has 4 atom stereocenters. The van der Waals surface area contributed by atoms with Crippen molar-refractivity contribution in [1.29, 1.82) is 0 Å². The number of nitrogens with one attached hydrogen (secondary N) is 2. The highest BCUT2D eigenvalue weighted by molar-refractivity contribution is 7.59. The van der Waals surface area contributed by atoms with Gasteiger partial charge in [0.15, 0.2) is 0 Å². The largest absolute Gasteiger partial charge is 0.464 e. The van der Waals surface area contributed by atoms with E-state index in [4.69, 9.17) is 19.4 Å². The fourth-order valence-corrected chi connectivity index (χ4v) is 11.3. The summed E-state index contributed by atoms with van der Waals surface area (Å²) in [6, 6.07) is 7.71. The highest BCUT2D eigenvalue weighted by Gasteiger charge is 2.50. The number of piperidine rings is 1. The Balaban J connectivity index is 0.00000259. The van der Waals surface area contributed by atoms with Crippen molar-refractivity contribution >= 4 is 100 Å². The number of nitrogens with zero attached hydrogens (tertiary/aromatic N) is 7. The van der Waals surface area contributed by atoms with Crippen LogP contribution in [0, 0.1) is 11.3 Å². The Morgan fingerprint density at radius 2 is 1.75 bits per heavy atom. The topological polar surface area (TPSA) is 154 Å². The number of methoxy groups -OCH3 is 1. The van der Waals surface area contributed by atoms with Crippen LogP contribution in [-0.2, 0) is 43.2 Å². The van der Waals surface area contributed by atoms with Gasteiger partial charge in [-0.1, -0.05) is 33.8 Å². The SMILES string of the molecule is CCn1c(-c2cccnc2[C@H](C)OC)c2c3cc(ccc31)-c1csc(n1)C[C@H](NC(=O)[C@H](C(C)C)N(C)C(=O)N1CCC13CCN(C)CC3)C(=O)N1CCC[C@H](N1)C(=O)OCC(C)(C)C2.S.S.S.S. The first-order valence-corrected chi connectivity index (χ1v) is 24.3. The predicted molar refractivity (Wildman–Crippen MR) is 293 cm³/mol. The Labute approximate surface area is 439 Å².